The summed E-state index contributed by atoms with van der Waals surface area (Å²) in [5.41, 5.74) is -0.118. The van der Waals surface area contributed by atoms with E-state index in [0.29, 0.717) is 18.1 Å². The number of methoxy groups -OCH3 is 2. The fourth-order valence-electron chi connectivity index (χ4n) is 4.35. The van der Waals surface area contributed by atoms with Crippen LogP contribution in [-0.2, 0) is 24.2 Å². The quantitative estimate of drug-likeness (QED) is 0.203. The number of nitrogens with one attached hydrogen (secondary N) is 1. The zero-order valence-corrected chi connectivity index (χ0v) is 25.0. The van der Waals surface area contributed by atoms with Gasteiger partial charge in [0.15, 0.2) is 29.3 Å². The van der Waals surface area contributed by atoms with Crippen LogP contribution < -0.4 is 28.4 Å². The van der Waals surface area contributed by atoms with Crippen LogP contribution in [0, 0.1) is 0 Å². The van der Waals surface area contributed by atoms with Gasteiger partial charge in [0.05, 0.1) is 42.0 Å². The van der Waals surface area contributed by atoms with Crippen molar-refractivity contribution < 1.29 is 51.1 Å². The van der Waals surface area contributed by atoms with E-state index in [0.717, 1.165) is 19.3 Å². The molecule has 0 amide bonds. The molecule has 14 heteroatoms. The van der Waals surface area contributed by atoms with Crippen molar-refractivity contribution in [1.29, 1.82) is 0 Å². The number of carbonyl (C=O) groups excluding carboxylic acids is 1. The van der Waals surface area contributed by atoms with Crippen molar-refractivity contribution in [2.45, 2.75) is 30.4 Å². The van der Waals surface area contributed by atoms with E-state index in [4.69, 9.17) is 49.5 Å². The van der Waals surface area contributed by atoms with Crippen LogP contribution in [0.4, 0.5) is 5.69 Å². The zero-order valence-electron chi connectivity index (χ0n) is 23.4. The number of hydrogen-bond donors (Lipinski definition) is 1. The summed E-state index contributed by atoms with van der Waals surface area (Å²) >= 11 is 6.41. The number of anilines is 1. The Morgan fingerprint density at radius 1 is 1.00 bits per heavy atom. The van der Waals surface area contributed by atoms with Crippen LogP contribution in [0.1, 0.15) is 29.6 Å². The minimum Gasteiger partial charge on any atom is -0.497 e. The maximum Gasteiger partial charge on any atom is 0.338 e. The number of esters is 1. The van der Waals surface area contributed by atoms with E-state index in [1.165, 1.54) is 50.6 Å². The molecule has 43 heavy (non-hydrogen) atoms. The lowest BCUT2D eigenvalue weighted by Gasteiger charge is -2.23. The number of rotatable bonds is 12. The average Bonchev–Trinajstić information content (AvgIpc) is 3.49. The van der Waals surface area contributed by atoms with Crippen molar-refractivity contribution in [3.63, 3.8) is 0 Å². The smallest absolute Gasteiger partial charge is 0.338 e. The maximum absolute atomic E-state index is 13.6. The molecule has 230 valence electrons. The third-order valence-corrected chi connectivity index (χ3v) is 8.18. The summed E-state index contributed by atoms with van der Waals surface area (Å²) in [5.74, 6) is 0.505. The predicted molar refractivity (Wildman–Crippen MR) is 154 cm³/mol. The van der Waals surface area contributed by atoms with E-state index in [9.17, 15) is 13.2 Å². The van der Waals surface area contributed by atoms with Crippen LogP contribution >= 0.6 is 11.6 Å². The van der Waals surface area contributed by atoms with Gasteiger partial charge in [-0.25, -0.2) is 13.2 Å². The molecule has 0 bridgehead atoms. The number of fused-ring (bicyclic) bond motifs is 1. The van der Waals surface area contributed by atoms with Crippen LogP contribution in [0.15, 0.2) is 53.4 Å². The van der Waals surface area contributed by atoms with E-state index in [1.54, 1.807) is 12.1 Å². The summed E-state index contributed by atoms with van der Waals surface area (Å²) in [5, 5.41) is 0.214. The molecule has 1 atom stereocenters. The predicted octanol–water partition coefficient (Wildman–Crippen LogP) is 5.38. The highest BCUT2D eigenvalue weighted by Crippen LogP contribution is 2.44. The lowest BCUT2D eigenvalue weighted by Crippen LogP contribution is -2.24. The van der Waals surface area contributed by atoms with Crippen molar-refractivity contribution in [2.75, 3.05) is 45.6 Å². The van der Waals surface area contributed by atoms with Crippen molar-refractivity contribution in [3.8, 4) is 34.5 Å². The third-order valence-electron chi connectivity index (χ3n) is 6.51. The molecule has 0 saturated carbocycles. The van der Waals surface area contributed by atoms with Crippen LogP contribution in [0.3, 0.4) is 0 Å². The molecule has 12 nitrogen and oxygen atoms in total. The largest absolute Gasteiger partial charge is 0.497 e. The highest BCUT2D eigenvalue weighted by atomic mass is 35.5. The normalized spacial score (nSPS) is 15.9. The van der Waals surface area contributed by atoms with Crippen LogP contribution in [-0.4, -0.2) is 61.5 Å². The van der Waals surface area contributed by atoms with Crippen LogP contribution in [0.2, 0.25) is 5.02 Å². The Kier molecular flexibility index (Phi) is 9.65. The average molecular weight is 636 g/mol. The Hall–Kier alpha value is -3.91. The molecule has 1 N–H and O–H groups in total. The first-order valence-electron chi connectivity index (χ1n) is 13.3. The molecule has 1 unspecified atom stereocenters. The van der Waals surface area contributed by atoms with Crippen LogP contribution in [0.5, 0.6) is 34.5 Å². The number of carbonyl (C=O) groups is 1. The second kappa shape index (κ2) is 13.6. The van der Waals surface area contributed by atoms with Gasteiger partial charge in [0.2, 0.25) is 6.79 Å². The van der Waals surface area contributed by atoms with Crippen LogP contribution in [0.25, 0.3) is 0 Å². The van der Waals surface area contributed by atoms with Gasteiger partial charge >= 0.3 is 5.97 Å². The molecule has 2 aliphatic heterocycles. The Balaban J connectivity index is 1.51. The Bertz CT molecular complexity index is 1570. The maximum atomic E-state index is 13.6. The fraction of sp³-hybridized carbons (Fsp3) is 0.345. The monoisotopic (exact) mass is 635 g/mol. The number of halogens is 1. The molecule has 0 spiro atoms. The summed E-state index contributed by atoms with van der Waals surface area (Å²) in [7, 11) is -1.56. The second-order valence-electron chi connectivity index (χ2n) is 9.38. The summed E-state index contributed by atoms with van der Waals surface area (Å²) in [6, 6.07) is 11.6. The number of sulfonamides is 1. The van der Waals surface area contributed by atoms with E-state index in [1.807, 2.05) is 0 Å². The van der Waals surface area contributed by atoms with Gasteiger partial charge in [0, 0.05) is 18.7 Å². The first-order chi connectivity index (χ1) is 20.8. The van der Waals surface area contributed by atoms with Gasteiger partial charge in [-0.2, -0.15) is 0 Å². The summed E-state index contributed by atoms with van der Waals surface area (Å²) in [6.45, 7) is 0.786. The minimum atomic E-state index is -4.25. The molecule has 5 rings (SSSR count). The third kappa shape index (κ3) is 7.36. The highest BCUT2D eigenvalue weighted by molar-refractivity contribution is 7.92. The van der Waals surface area contributed by atoms with Gasteiger partial charge in [0.25, 0.3) is 10.0 Å². The molecule has 0 aromatic heterocycles. The van der Waals surface area contributed by atoms with Gasteiger partial charge < -0.3 is 37.9 Å². The van der Waals surface area contributed by atoms with Gasteiger partial charge in [-0.15, -0.1) is 0 Å². The number of ether oxygens (including phenoxy) is 8. The Morgan fingerprint density at radius 3 is 2.60 bits per heavy atom. The van der Waals surface area contributed by atoms with E-state index in [-0.39, 0.29) is 70.5 Å². The molecular weight excluding hydrogens is 606 g/mol. The zero-order chi connectivity index (χ0) is 30.4. The second-order valence-corrected chi connectivity index (χ2v) is 11.5. The van der Waals surface area contributed by atoms with E-state index in [2.05, 4.69) is 4.72 Å². The molecule has 3 aromatic carbocycles. The van der Waals surface area contributed by atoms with Crippen molar-refractivity contribution >= 4 is 33.3 Å². The molecule has 2 heterocycles. The van der Waals surface area contributed by atoms with Crippen molar-refractivity contribution in [3.05, 3.63) is 59.1 Å². The van der Waals surface area contributed by atoms with E-state index >= 15 is 0 Å². The molecule has 2 aliphatic rings. The molecule has 1 saturated heterocycles. The van der Waals surface area contributed by atoms with Crippen molar-refractivity contribution in [1.82, 2.24) is 0 Å². The van der Waals surface area contributed by atoms with E-state index < -0.39 is 16.0 Å². The topological polar surface area (TPSA) is 137 Å². The first-order valence-corrected chi connectivity index (χ1v) is 15.2. The molecule has 0 radical (unpaired) electrons. The SMILES string of the molecule is COC(=O)c1cc(NS(=O)(=O)c2ccc3c(c2)OCO3)c(Oc2cc(OC)ccc2Cl)c(OCCOC2CCCCO2)c1. The molecule has 1 fully saturated rings. The summed E-state index contributed by atoms with van der Waals surface area (Å²) in [6.07, 6.45) is 2.41. The Labute approximate surface area is 253 Å². The molecular formula is C29H30ClNO11S. The lowest BCUT2D eigenvalue weighted by molar-refractivity contribution is -0.165. The first kappa shape index (κ1) is 30.5. The van der Waals surface area contributed by atoms with Gasteiger partial charge in [-0.1, -0.05) is 11.6 Å². The fourth-order valence-corrected chi connectivity index (χ4v) is 5.57. The highest BCUT2D eigenvalue weighted by Gasteiger charge is 2.26. The summed E-state index contributed by atoms with van der Waals surface area (Å²) < 4.78 is 74.0. The number of hydrogen-bond acceptors (Lipinski definition) is 11. The van der Waals surface area contributed by atoms with Gasteiger partial charge in [-0.3, -0.25) is 4.72 Å². The van der Waals surface area contributed by atoms with Gasteiger partial charge in [-0.05, 0) is 55.7 Å². The Morgan fingerprint density at radius 2 is 1.84 bits per heavy atom. The van der Waals surface area contributed by atoms with Gasteiger partial charge in [0.1, 0.15) is 18.1 Å². The lowest BCUT2D eigenvalue weighted by atomic mass is 10.1. The summed E-state index contributed by atoms with van der Waals surface area (Å²) in [4.78, 5) is 12.5. The standard InChI is InChI=1S/C29H30ClNO11S/c1-35-19-6-8-21(30)24(15-19)42-28-22(31-43(33,34)20-7-9-23-25(16-20)41-17-40-23)13-18(29(32)36-2)14-26(28)37-11-12-39-27-5-3-4-10-38-27/h6-9,13-16,27,31H,3-5,10-12,17H2,1-2H3. The van der Waals surface area contributed by atoms with Crippen molar-refractivity contribution in [2.24, 2.45) is 0 Å². The molecule has 3 aromatic rings. The molecule has 0 aliphatic carbocycles. The minimum absolute atomic E-state index is 0.00140. The number of benzene rings is 3.